The summed E-state index contributed by atoms with van der Waals surface area (Å²) in [5.74, 6) is -0.303. The highest BCUT2D eigenvalue weighted by molar-refractivity contribution is 6.08. The van der Waals surface area contributed by atoms with Crippen molar-refractivity contribution in [3.05, 3.63) is 47.8 Å². The highest BCUT2D eigenvalue weighted by Gasteiger charge is 2.36. The van der Waals surface area contributed by atoms with Crippen LogP contribution in [0.4, 0.5) is 11.4 Å². The van der Waals surface area contributed by atoms with Gasteiger partial charge >= 0.3 is 0 Å². The third-order valence-electron chi connectivity index (χ3n) is 4.49. The normalized spacial score (nSPS) is 17.1. The van der Waals surface area contributed by atoms with Gasteiger partial charge in [0, 0.05) is 25.3 Å². The van der Waals surface area contributed by atoms with Gasteiger partial charge in [0.1, 0.15) is 5.75 Å². The van der Waals surface area contributed by atoms with Gasteiger partial charge in [-0.05, 0) is 43.5 Å². The van der Waals surface area contributed by atoms with E-state index < -0.39 is 0 Å². The third kappa shape index (κ3) is 2.42. The number of aromatic nitrogens is 1. The number of hydrogen-bond acceptors (Lipinski definition) is 4. The molecule has 1 amide bonds. The zero-order chi connectivity index (χ0) is 16.0. The average Bonchev–Trinajstić information content (AvgIpc) is 3.38. The fourth-order valence-corrected chi connectivity index (χ4v) is 3.21. The summed E-state index contributed by atoms with van der Waals surface area (Å²) in [5, 5.41) is 10.1. The first-order valence-corrected chi connectivity index (χ1v) is 7.98. The van der Waals surface area contributed by atoms with E-state index in [9.17, 15) is 9.90 Å². The first kappa shape index (κ1) is 14.1. The number of amides is 1. The monoisotopic (exact) mass is 309 g/mol. The van der Waals surface area contributed by atoms with Crippen LogP contribution < -0.4 is 9.80 Å². The fourth-order valence-electron chi connectivity index (χ4n) is 3.21. The molecule has 0 radical (unpaired) electrons. The smallest absolute Gasteiger partial charge is 0.280 e. The highest BCUT2D eigenvalue weighted by atomic mass is 16.3. The van der Waals surface area contributed by atoms with Crippen LogP contribution >= 0.6 is 0 Å². The van der Waals surface area contributed by atoms with Crippen molar-refractivity contribution in [2.75, 3.05) is 22.9 Å². The van der Waals surface area contributed by atoms with Crippen LogP contribution in [-0.2, 0) is 0 Å². The van der Waals surface area contributed by atoms with Gasteiger partial charge in [0.05, 0.1) is 11.4 Å². The maximum Gasteiger partial charge on any atom is 0.280 e. The van der Waals surface area contributed by atoms with Crippen molar-refractivity contribution in [2.45, 2.75) is 25.8 Å². The molecule has 1 aromatic carbocycles. The Balaban J connectivity index is 1.71. The lowest BCUT2D eigenvalue weighted by Gasteiger charge is -2.37. The van der Waals surface area contributed by atoms with E-state index in [4.69, 9.17) is 0 Å². The number of nitrogens with zero attached hydrogens (tertiary/aromatic N) is 3. The number of pyridine rings is 1. The summed E-state index contributed by atoms with van der Waals surface area (Å²) in [7, 11) is 0. The molecular formula is C18H19N3O2. The second-order valence-corrected chi connectivity index (χ2v) is 6.25. The van der Waals surface area contributed by atoms with Crippen molar-refractivity contribution in [1.82, 2.24) is 4.98 Å². The molecule has 1 fully saturated rings. The van der Waals surface area contributed by atoms with Gasteiger partial charge < -0.3 is 14.9 Å². The molecule has 0 saturated heterocycles. The van der Waals surface area contributed by atoms with Gasteiger partial charge in [-0.2, -0.15) is 0 Å². The minimum Gasteiger partial charge on any atom is -0.505 e. The van der Waals surface area contributed by atoms with Gasteiger partial charge in [-0.25, -0.2) is 4.98 Å². The van der Waals surface area contributed by atoms with E-state index in [0.29, 0.717) is 12.6 Å². The molecular weight excluding hydrogens is 290 g/mol. The number of rotatable bonds is 2. The zero-order valence-electron chi connectivity index (χ0n) is 13.1. The van der Waals surface area contributed by atoms with Gasteiger partial charge in [-0.1, -0.05) is 12.1 Å². The molecule has 1 aromatic heterocycles. The van der Waals surface area contributed by atoms with Crippen molar-refractivity contribution < 1.29 is 9.90 Å². The van der Waals surface area contributed by atoms with E-state index in [1.807, 2.05) is 25.1 Å². The number of hydrogen-bond donors (Lipinski definition) is 1. The van der Waals surface area contributed by atoms with E-state index in [-0.39, 0.29) is 17.4 Å². The number of benzene rings is 1. The fraction of sp³-hybridized carbons (Fsp3) is 0.333. The van der Waals surface area contributed by atoms with E-state index in [1.54, 1.807) is 17.2 Å². The first-order valence-electron chi connectivity index (χ1n) is 7.98. The molecule has 0 atom stereocenters. The molecule has 5 nitrogen and oxygen atoms in total. The van der Waals surface area contributed by atoms with E-state index in [0.717, 1.165) is 23.5 Å². The van der Waals surface area contributed by atoms with Crippen LogP contribution in [0.15, 0.2) is 36.5 Å². The molecule has 4 rings (SSSR count). The number of aryl methyl sites for hydroxylation is 1. The van der Waals surface area contributed by atoms with Crippen LogP contribution in [-0.4, -0.2) is 35.1 Å². The maximum atomic E-state index is 12.9. The van der Waals surface area contributed by atoms with Crippen molar-refractivity contribution >= 4 is 17.3 Å². The van der Waals surface area contributed by atoms with Crippen LogP contribution in [0, 0.1) is 6.92 Å². The molecule has 1 aliphatic heterocycles. The second kappa shape index (κ2) is 5.26. The molecule has 2 aromatic rings. The summed E-state index contributed by atoms with van der Waals surface area (Å²) in [6.45, 7) is 3.27. The minimum absolute atomic E-state index is 0.0582. The minimum atomic E-state index is -0.245. The molecule has 1 N–H and O–H groups in total. The molecule has 0 bridgehead atoms. The average molecular weight is 309 g/mol. The van der Waals surface area contributed by atoms with Gasteiger partial charge in [0.25, 0.3) is 5.91 Å². The first-order chi connectivity index (χ1) is 11.1. The van der Waals surface area contributed by atoms with Crippen LogP contribution in [0.3, 0.4) is 0 Å². The Morgan fingerprint density at radius 3 is 2.65 bits per heavy atom. The van der Waals surface area contributed by atoms with E-state index in [1.165, 1.54) is 12.8 Å². The van der Waals surface area contributed by atoms with Gasteiger partial charge in [-0.3, -0.25) is 4.79 Å². The van der Waals surface area contributed by atoms with Crippen LogP contribution in [0.25, 0.3) is 0 Å². The van der Waals surface area contributed by atoms with Crippen LogP contribution in [0.5, 0.6) is 5.75 Å². The Morgan fingerprint density at radius 2 is 1.96 bits per heavy atom. The van der Waals surface area contributed by atoms with Crippen molar-refractivity contribution in [1.29, 1.82) is 0 Å². The second-order valence-electron chi connectivity index (χ2n) is 6.25. The van der Waals surface area contributed by atoms with Crippen molar-refractivity contribution in [3.8, 4) is 5.75 Å². The van der Waals surface area contributed by atoms with Crippen LogP contribution in [0.2, 0.25) is 0 Å². The number of aromatic hydroxyl groups is 1. The van der Waals surface area contributed by atoms with E-state index >= 15 is 0 Å². The highest BCUT2D eigenvalue weighted by Crippen LogP contribution is 2.40. The summed E-state index contributed by atoms with van der Waals surface area (Å²) < 4.78 is 0. The lowest BCUT2D eigenvalue weighted by atomic mass is 10.1. The Bertz CT molecular complexity index is 771. The molecule has 5 heteroatoms. The summed E-state index contributed by atoms with van der Waals surface area (Å²) in [4.78, 5) is 21.1. The predicted octanol–water partition coefficient (Wildman–Crippen LogP) is 2.72. The molecule has 2 heterocycles. The lowest BCUT2D eigenvalue weighted by Crippen LogP contribution is -2.45. The Labute approximate surface area is 135 Å². The number of carbonyl (C=O) groups is 1. The van der Waals surface area contributed by atoms with Gasteiger partial charge in [0.2, 0.25) is 0 Å². The van der Waals surface area contributed by atoms with Crippen LogP contribution in [0.1, 0.15) is 28.9 Å². The standard InChI is InChI=1S/C18H19N3O2/c1-12-10-16(22)17(19-11-12)18(23)21-9-8-20(13-6-7-13)14-4-2-3-5-15(14)21/h2-5,10-11,13,22H,6-9H2,1H3. The number of fused-ring (bicyclic) bond motifs is 1. The molecule has 23 heavy (non-hydrogen) atoms. The third-order valence-corrected chi connectivity index (χ3v) is 4.49. The van der Waals surface area contributed by atoms with Crippen molar-refractivity contribution in [2.24, 2.45) is 0 Å². The molecule has 1 aliphatic carbocycles. The lowest BCUT2D eigenvalue weighted by molar-refractivity contribution is 0.0979. The van der Waals surface area contributed by atoms with E-state index in [2.05, 4.69) is 16.0 Å². The Morgan fingerprint density at radius 1 is 1.22 bits per heavy atom. The Hall–Kier alpha value is -2.56. The van der Waals surface area contributed by atoms with Gasteiger partial charge in [0.15, 0.2) is 5.69 Å². The molecule has 118 valence electrons. The molecule has 1 saturated carbocycles. The number of carbonyl (C=O) groups excluding carboxylic acids is 1. The number of anilines is 2. The SMILES string of the molecule is Cc1cnc(C(=O)N2CCN(C3CC3)c3ccccc32)c(O)c1. The summed E-state index contributed by atoms with van der Waals surface area (Å²) in [5.41, 5.74) is 2.95. The zero-order valence-corrected chi connectivity index (χ0v) is 13.1. The molecule has 0 spiro atoms. The topological polar surface area (TPSA) is 56.7 Å². The summed E-state index contributed by atoms with van der Waals surface area (Å²) >= 11 is 0. The quantitative estimate of drug-likeness (QED) is 0.927. The molecule has 0 unspecified atom stereocenters. The van der Waals surface area contributed by atoms with Gasteiger partial charge in [-0.15, -0.1) is 0 Å². The Kier molecular flexibility index (Phi) is 3.22. The maximum absolute atomic E-state index is 12.9. The summed E-state index contributed by atoms with van der Waals surface area (Å²) in [6, 6.07) is 10.2. The molecule has 2 aliphatic rings. The summed E-state index contributed by atoms with van der Waals surface area (Å²) in [6.07, 6.45) is 4.06. The predicted molar refractivity (Wildman–Crippen MR) is 89.1 cm³/mol. The van der Waals surface area contributed by atoms with Crippen molar-refractivity contribution in [3.63, 3.8) is 0 Å². The largest absolute Gasteiger partial charge is 0.505 e. The number of para-hydroxylation sites is 2.